The molecule has 0 spiro atoms. The maximum Gasteiger partial charge on any atom is 0.0727 e. The van der Waals surface area contributed by atoms with E-state index in [1.165, 1.54) is 12.0 Å². The standard InChI is InChI=1S/C12H18BrNO/c1-2-3-6-15-9-11-5-4-10(8-14)7-12(11)13/h4-5,7H,2-3,6,8-9,14H2,1H3. The lowest BCUT2D eigenvalue weighted by atomic mass is 10.1. The predicted molar refractivity (Wildman–Crippen MR) is 66.6 cm³/mol. The highest BCUT2D eigenvalue weighted by Crippen LogP contribution is 2.19. The van der Waals surface area contributed by atoms with Gasteiger partial charge in [0.1, 0.15) is 0 Å². The maximum absolute atomic E-state index is 5.56. The number of hydrogen-bond donors (Lipinski definition) is 1. The van der Waals surface area contributed by atoms with Crippen LogP contribution in [0.1, 0.15) is 30.9 Å². The predicted octanol–water partition coefficient (Wildman–Crippen LogP) is 3.22. The highest BCUT2D eigenvalue weighted by atomic mass is 79.9. The van der Waals surface area contributed by atoms with Crippen LogP contribution in [0.2, 0.25) is 0 Å². The molecule has 1 aromatic carbocycles. The third-order valence-electron chi connectivity index (χ3n) is 2.25. The van der Waals surface area contributed by atoms with Gasteiger partial charge in [0.05, 0.1) is 6.61 Å². The maximum atomic E-state index is 5.56. The van der Waals surface area contributed by atoms with Gasteiger partial charge < -0.3 is 10.5 Å². The summed E-state index contributed by atoms with van der Waals surface area (Å²) in [6.45, 7) is 4.25. The fraction of sp³-hybridized carbons (Fsp3) is 0.500. The van der Waals surface area contributed by atoms with Crippen LogP contribution >= 0.6 is 15.9 Å². The molecule has 0 saturated carbocycles. The molecule has 1 aromatic rings. The van der Waals surface area contributed by atoms with Crippen molar-refractivity contribution >= 4 is 15.9 Å². The van der Waals surface area contributed by atoms with Crippen LogP contribution in [0.15, 0.2) is 22.7 Å². The summed E-state index contributed by atoms with van der Waals surface area (Å²) in [5.74, 6) is 0. The van der Waals surface area contributed by atoms with E-state index < -0.39 is 0 Å². The van der Waals surface area contributed by atoms with Crippen molar-refractivity contribution in [2.45, 2.75) is 32.9 Å². The quantitative estimate of drug-likeness (QED) is 0.807. The topological polar surface area (TPSA) is 35.2 Å². The first-order valence-corrected chi connectivity index (χ1v) is 6.12. The van der Waals surface area contributed by atoms with Gasteiger partial charge in [-0.3, -0.25) is 0 Å². The second kappa shape index (κ2) is 6.99. The van der Waals surface area contributed by atoms with Gasteiger partial charge in [-0.05, 0) is 23.6 Å². The smallest absolute Gasteiger partial charge is 0.0727 e. The number of hydrogen-bond acceptors (Lipinski definition) is 2. The van der Waals surface area contributed by atoms with E-state index in [9.17, 15) is 0 Å². The van der Waals surface area contributed by atoms with E-state index in [1.54, 1.807) is 0 Å². The first-order valence-electron chi connectivity index (χ1n) is 5.33. The van der Waals surface area contributed by atoms with E-state index in [-0.39, 0.29) is 0 Å². The minimum atomic E-state index is 0.579. The average Bonchev–Trinajstić information content (AvgIpc) is 2.26. The minimum Gasteiger partial charge on any atom is -0.377 e. The van der Waals surface area contributed by atoms with E-state index in [0.29, 0.717) is 13.2 Å². The third kappa shape index (κ3) is 4.33. The molecule has 0 atom stereocenters. The molecule has 0 aliphatic rings. The molecule has 0 aliphatic carbocycles. The number of unbranched alkanes of at least 4 members (excludes halogenated alkanes) is 1. The molecule has 3 heteroatoms. The second-order valence-electron chi connectivity index (χ2n) is 3.54. The largest absolute Gasteiger partial charge is 0.377 e. The summed E-state index contributed by atoms with van der Waals surface area (Å²) in [4.78, 5) is 0. The zero-order valence-electron chi connectivity index (χ0n) is 9.13. The van der Waals surface area contributed by atoms with Crippen molar-refractivity contribution in [3.63, 3.8) is 0 Å². The number of halogens is 1. The fourth-order valence-electron chi connectivity index (χ4n) is 1.26. The van der Waals surface area contributed by atoms with Crippen molar-refractivity contribution in [3.05, 3.63) is 33.8 Å². The minimum absolute atomic E-state index is 0.579. The van der Waals surface area contributed by atoms with Crippen LogP contribution < -0.4 is 5.73 Å². The van der Waals surface area contributed by atoms with Crippen LogP contribution in [0.5, 0.6) is 0 Å². The molecule has 0 bridgehead atoms. The molecule has 0 fully saturated rings. The normalized spacial score (nSPS) is 10.6. The van der Waals surface area contributed by atoms with E-state index in [4.69, 9.17) is 10.5 Å². The van der Waals surface area contributed by atoms with Crippen molar-refractivity contribution in [2.75, 3.05) is 6.61 Å². The lowest BCUT2D eigenvalue weighted by Gasteiger charge is -2.07. The lowest BCUT2D eigenvalue weighted by Crippen LogP contribution is -1.99. The Balaban J connectivity index is 2.47. The molecular formula is C12H18BrNO. The molecular weight excluding hydrogens is 254 g/mol. The highest BCUT2D eigenvalue weighted by molar-refractivity contribution is 9.10. The number of nitrogens with two attached hydrogens (primary N) is 1. The molecule has 84 valence electrons. The summed E-state index contributed by atoms with van der Waals surface area (Å²) in [5, 5.41) is 0. The van der Waals surface area contributed by atoms with Crippen LogP contribution in [0.3, 0.4) is 0 Å². The van der Waals surface area contributed by atoms with Crippen LogP contribution in [0.4, 0.5) is 0 Å². The molecule has 2 nitrogen and oxygen atoms in total. The molecule has 2 N–H and O–H groups in total. The van der Waals surface area contributed by atoms with Gasteiger partial charge >= 0.3 is 0 Å². The Morgan fingerprint density at radius 1 is 1.40 bits per heavy atom. The molecule has 0 heterocycles. The summed E-state index contributed by atoms with van der Waals surface area (Å²) in [6, 6.07) is 6.17. The van der Waals surface area contributed by atoms with Crippen molar-refractivity contribution < 1.29 is 4.74 Å². The van der Waals surface area contributed by atoms with Gasteiger partial charge in [-0.15, -0.1) is 0 Å². The molecule has 0 aromatic heterocycles. The van der Waals surface area contributed by atoms with Crippen molar-refractivity contribution in [1.29, 1.82) is 0 Å². The summed E-state index contributed by atoms with van der Waals surface area (Å²) in [7, 11) is 0. The SMILES string of the molecule is CCCCOCc1ccc(CN)cc1Br. The summed E-state index contributed by atoms with van der Waals surface area (Å²) < 4.78 is 6.64. The van der Waals surface area contributed by atoms with Crippen molar-refractivity contribution in [2.24, 2.45) is 5.73 Å². The summed E-state index contributed by atoms with van der Waals surface area (Å²) in [6.07, 6.45) is 2.30. The Bertz CT molecular complexity index is 302. The Hall–Kier alpha value is -0.380. The number of ether oxygens (including phenoxy) is 1. The fourth-order valence-corrected chi connectivity index (χ4v) is 1.80. The first kappa shape index (κ1) is 12.7. The highest BCUT2D eigenvalue weighted by Gasteiger charge is 2.00. The van der Waals surface area contributed by atoms with Crippen molar-refractivity contribution in [3.8, 4) is 0 Å². The van der Waals surface area contributed by atoms with Crippen molar-refractivity contribution in [1.82, 2.24) is 0 Å². The molecule has 0 unspecified atom stereocenters. The summed E-state index contributed by atoms with van der Waals surface area (Å²) >= 11 is 3.52. The van der Waals surface area contributed by atoms with E-state index in [0.717, 1.165) is 23.1 Å². The van der Waals surface area contributed by atoms with Crippen LogP contribution in [0, 0.1) is 0 Å². The zero-order valence-corrected chi connectivity index (χ0v) is 10.7. The zero-order chi connectivity index (χ0) is 11.1. The van der Waals surface area contributed by atoms with E-state index in [2.05, 4.69) is 35.0 Å². The molecule has 0 amide bonds. The van der Waals surface area contributed by atoms with Gasteiger partial charge in [0.15, 0.2) is 0 Å². The van der Waals surface area contributed by atoms with E-state index >= 15 is 0 Å². The van der Waals surface area contributed by atoms with Gasteiger partial charge in [0, 0.05) is 17.6 Å². The Morgan fingerprint density at radius 3 is 2.80 bits per heavy atom. The molecule has 1 rings (SSSR count). The molecule has 0 aliphatic heterocycles. The summed E-state index contributed by atoms with van der Waals surface area (Å²) in [5.41, 5.74) is 7.88. The van der Waals surface area contributed by atoms with Gasteiger partial charge in [0.2, 0.25) is 0 Å². The monoisotopic (exact) mass is 271 g/mol. The average molecular weight is 272 g/mol. The molecule has 0 radical (unpaired) electrons. The second-order valence-corrected chi connectivity index (χ2v) is 4.39. The van der Waals surface area contributed by atoms with Gasteiger partial charge in [-0.25, -0.2) is 0 Å². The van der Waals surface area contributed by atoms with E-state index in [1.807, 2.05) is 6.07 Å². The number of rotatable bonds is 6. The van der Waals surface area contributed by atoms with Crippen LogP contribution in [0.25, 0.3) is 0 Å². The van der Waals surface area contributed by atoms with Crippen LogP contribution in [-0.2, 0) is 17.9 Å². The Morgan fingerprint density at radius 2 is 2.20 bits per heavy atom. The first-order chi connectivity index (χ1) is 7.27. The molecule has 15 heavy (non-hydrogen) atoms. The number of benzene rings is 1. The van der Waals surface area contributed by atoms with Crippen LogP contribution in [-0.4, -0.2) is 6.61 Å². The lowest BCUT2D eigenvalue weighted by molar-refractivity contribution is 0.117. The Kier molecular flexibility index (Phi) is 5.91. The van der Waals surface area contributed by atoms with Gasteiger partial charge in [0.25, 0.3) is 0 Å². The third-order valence-corrected chi connectivity index (χ3v) is 2.99. The van der Waals surface area contributed by atoms with Gasteiger partial charge in [-0.1, -0.05) is 41.4 Å². The Labute approximate surface area is 99.9 Å². The van der Waals surface area contributed by atoms with Gasteiger partial charge in [-0.2, -0.15) is 0 Å². The molecule has 0 saturated heterocycles.